The molecule has 1 aromatic heterocycles. The van der Waals surface area contributed by atoms with Crippen molar-refractivity contribution in [2.24, 2.45) is 0 Å². The Kier molecular flexibility index (Phi) is 6.98. The van der Waals surface area contributed by atoms with Crippen LogP contribution in [0.15, 0.2) is 77.8 Å². The summed E-state index contributed by atoms with van der Waals surface area (Å²) in [6.45, 7) is 4.27. The van der Waals surface area contributed by atoms with Gasteiger partial charge in [-0.1, -0.05) is 24.3 Å². The van der Waals surface area contributed by atoms with E-state index < -0.39 is 16.0 Å². The summed E-state index contributed by atoms with van der Waals surface area (Å²) in [7, 11) is -3.69. The van der Waals surface area contributed by atoms with E-state index >= 15 is 0 Å². The maximum absolute atomic E-state index is 13.4. The van der Waals surface area contributed by atoms with Gasteiger partial charge in [0.2, 0.25) is 10.0 Å². The number of hydrogen-bond acceptors (Lipinski definition) is 4. The van der Waals surface area contributed by atoms with Crippen molar-refractivity contribution in [2.75, 3.05) is 13.1 Å². The Hall–Kier alpha value is -3.69. The molecule has 0 amide bonds. The first-order valence-electron chi connectivity index (χ1n) is 12.5. The molecule has 1 fully saturated rings. The van der Waals surface area contributed by atoms with Crippen LogP contribution in [0.5, 0.6) is 5.75 Å². The molecule has 4 aromatic rings. The molecule has 0 radical (unpaired) electrons. The van der Waals surface area contributed by atoms with E-state index in [1.165, 1.54) is 16.4 Å². The number of carbonyl (C=O) groups is 1. The normalized spacial score (nSPS) is 16.4. The molecule has 7 nitrogen and oxygen atoms in total. The van der Waals surface area contributed by atoms with Crippen LogP contribution in [0.2, 0.25) is 0 Å². The second kappa shape index (κ2) is 10.2. The van der Waals surface area contributed by atoms with Crippen molar-refractivity contribution in [1.29, 1.82) is 0 Å². The second-order valence-electron chi connectivity index (χ2n) is 9.83. The Balaban J connectivity index is 1.44. The molecule has 1 N–H and O–H groups in total. The number of carboxylic acid groups (broad SMARTS) is 1. The van der Waals surface area contributed by atoms with Crippen LogP contribution in [0.3, 0.4) is 0 Å². The van der Waals surface area contributed by atoms with Crippen LogP contribution < -0.4 is 4.74 Å². The van der Waals surface area contributed by atoms with Crippen molar-refractivity contribution >= 4 is 26.9 Å². The third-order valence-corrected chi connectivity index (χ3v) is 8.70. The zero-order valence-electron chi connectivity index (χ0n) is 21.2. The Morgan fingerprint density at radius 3 is 2.39 bits per heavy atom. The van der Waals surface area contributed by atoms with Gasteiger partial charge in [0.25, 0.3) is 0 Å². The maximum atomic E-state index is 13.4. The van der Waals surface area contributed by atoms with Crippen LogP contribution in [-0.4, -0.2) is 47.6 Å². The number of nitrogens with zero attached hydrogens (tertiary/aromatic N) is 2. The fourth-order valence-corrected chi connectivity index (χ4v) is 6.56. The Morgan fingerprint density at radius 1 is 1.05 bits per heavy atom. The predicted octanol–water partition coefficient (Wildman–Crippen LogP) is 5.50. The summed E-state index contributed by atoms with van der Waals surface area (Å²) in [6, 6.07) is 18.4. The summed E-state index contributed by atoms with van der Waals surface area (Å²) in [5.74, 6) is -0.764. The summed E-state index contributed by atoms with van der Waals surface area (Å²) in [4.78, 5) is 11.8. The second-order valence-corrected chi connectivity index (χ2v) is 11.8. The molecule has 2 heterocycles. The van der Waals surface area contributed by atoms with Gasteiger partial charge >= 0.3 is 5.97 Å². The molecule has 1 unspecified atom stereocenters. The van der Waals surface area contributed by atoms with Gasteiger partial charge in [-0.3, -0.25) is 4.79 Å². The molecule has 0 aliphatic carbocycles. The number of sulfonamides is 1. The average molecular weight is 537 g/mol. The van der Waals surface area contributed by atoms with Gasteiger partial charge in [0.1, 0.15) is 18.1 Å². The quantitative estimate of drug-likeness (QED) is 0.321. The van der Waals surface area contributed by atoms with Crippen molar-refractivity contribution in [3.8, 4) is 16.9 Å². The lowest BCUT2D eigenvalue weighted by Crippen LogP contribution is -2.28. The first-order chi connectivity index (χ1) is 18.1. The monoisotopic (exact) mass is 536 g/mol. The van der Waals surface area contributed by atoms with Crippen LogP contribution in [0.1, 0.15) is 31.7 Å². The van der Waals surface area contributed by atoms with E-state index in [4.69, 9.17) is 4.74 Å². The maximum Gasteiger partial charge on any atom is 0.323 e. The molecule has 0 bridgehead atoms. The van der Waals surface area contributed by atoms with E-state index in [0.717, 1.165) is 27.6 Å². The van der Waals surface area contributed by atoms with E-state index in [1.807, 2.05) is 38.2 Å². The lowest BCUT2D eigenvalue weighted by atomic mass is 9.96. The number of rotatable bonds is 8. The molecule has 1 saturated heterocycles. The number of ether oxygens (including phenoxy) is 1. The van der Waals surface area contributed by atoms with E-state index in [9.17, 15) is 22.7 Å². The van der Waals surface area contributed by atoms with Crippen molar-refractivity contribution in [1.82, 2.24) is 8.87 Å². The van der Waals surface area contributed by atoms with Crippen LogP contribution in [-0.2, 0) is 21.4 Å². The zero-order valence-corrected chi connectivity index (χ0v) is 22.0. The number of halogens is 1. The zero-order chi connectivity index (χ0) is 27.0. The smallest absolute Gasteiger partial charge is 0.323 e. The highest BCUT2D eigenvalue weighted by Gasteiger charge is 2.34. The molecule has 1 aliphatic rings. The van der Waals surface area contributed by atoms with Gasteiger partial charge in [-0.2, -0.15) is 4.31 Å². The van der Waals surface area contributed by atoms with E-state index in [0.29, 0.717) is 25.3 Å². The number of carboxylic acids is 1. The molecular formula is C29H29FN2O5S. The summed E-state index contributed by atoms with van der Waals surface area (Å²) in [6.07, 6.45) is 2.44. The molecule has 5 rings (SSSR count). The van der Waals surface area contributed by atoms with Gasteiger partial charge in [-0.25, -0.2) is 12.8 Å². The summed E-state index contributed by atoms with van der Waals surface area (Å²) in [5.41, 5.74) is 3.33. The van der Waals surface area contributed by atoms with Crippen molar-refractivity contribution in [3.05, 3.63) is 84.3 Å². The summed E-state index contributed by atoms with van der Waals surface area (Å²) in [5, 5.41) is 10.4. The lowest BCUT2D eigenvalue weighted by molar-refractivity contribution is -0.137. The molecule has 0 saturated carbocycles. The fraction of sp³-hybridized carbons (Fsp3) is 0.276. The number of aromatic nitrogens is 1. The molecule has 1 atom stereocenters. The average Bonchev–Trinajstić information content (AvgIpc) is 3.50. The van der Waals surface area contributed by atoms with E-state index in [1.54, 1.807) is 41.0 Å². The highest BCUT2D eigenvalue weighted by Crippen LogP contribution is 2.37. The van der Waals surface area contributed by atoms with Gasteiger partial charge in [-0.15, -0.1) is 0 Å². The molecule has 0 spiro atoms. The van der Waals surface area contributed by atoms with Gasteiger partial charge in [0.05, 0.1) is 11.0 Å². The predicted molar refractivity (Wildman–Crippen MR) is 143 cm³/mol. The van der Waals surface area contributed by atoms with Gasteiger partial charge in [0.15, 0.2) is 0 Å². The minimum Gasteiger partial charge on any atom is -0.491 e. The molecule has 198 valence electrons. The number of aliphatic carboxylic acids is 1. The first kappa shape index (κ1) is 25.9. The highest BCUT2D eigenvalue weighted by molar-refractivity contribution is 7.89. The first-order valence-corrected chi connectivity index (χ1v) is 13.9. The van der Waals surface area contributed by atoms with Crippen LogP contribution in [0, 0.1) is 5.82 Å². The largest absolute Gasteiger partial charge is 0.491 e. The Labute approximate surface area is 221 Å². The summed E-state index contributed by atoms with van der Waals surface area (Å²) >= 11 is 0. The fourth-order valence-electron chi connectivity index (χ4n) is 5.06. The lowest BCUT2D eigenvalue weighted by Gasteiger charge is -2.17. The molecule has 1 aliphatic heterocycles. The van der Waals surface area contributed by atoms with Gasteiger partial charge in [0, 0.05) is 36.1 Å². The van der Waals surface area contributed by atoms with Gasteiger partial charge < -0.3 is 14.4 Å². The molecular weight excluding hydrogens is 507 g/mol. The standard InChI is InChI=1S/C29H29FN2O5S/c1-19(2)37-24-8-10-25(11-9-24)38(35,36)32-14-13-22(16-32)27-17-31(18-29(33)34)28-15-21(5-12-26(27)28)20-3-6-23(30)7-4-20/h3-12,15,17,19,22H,13-14,16,18H2,1-2H3,(H,33,34). The summed E-state index contributed by atoms with van der Waals surface area (Å²) < 4.78 is 48.9. The third kappa shape index (κ3) is 5.16. The van der Waals surface area contributed by atoms with E-state index in [-0.39, 0.29) is 29.3 Å². The van der Waals surface area contributed by atoms with Crippen molar-refractivity contribution in [2.45, 2.75) is 43.7 Å². The van der Waals surface area contributed by atoms with Crippen molar-refractivity contribution in [3.63, 3.8) is 0 Å². The third-order valence-electron chi connectivity index (χ3n) is 6.82. The van der Waals surface area contributed by atoms with E-state index in [2.05, 4.69) is 0 Å². The Morgan fingerprint density at radius 2 is 1.74 bits per heavy atom. The van der Waals surface area contributed by atoms with Crippen LogP contribution >= 0.6 is 0 Å². The van der Waals surface area contributed by atoms with Gasteiger partial charge in [-0.05, 0) is 79.4 Å². The highest BCUT2D eigenvalue weighted by atomic mass is 32.2. The SMILES string of the molecule is CC(C)Oc1ccc(S(=O)(=O)N2CCC(c3cn(CC(=O)O)c4cc(-c5ccc(F)cc5)ccc34)C2)cc1. The van der Waals surface area contributed by atoms with Crippen LogP contribution in [0.4, 0.5) is 4.39 Å². The van der Waals surface area contributed by atoms with Crippen LogP contribution in [0.25, 0.3) is 22.0 Å². The topological polar surface area (TPSA) is 88.8 Å². The molecule has 38 heavy (non-hydrogen) atoms. The minimum atomic E-state index is -3.69. The number of fused-ring (bicyclic) bond motifs is 1. The molecule has 9 heteroatoms. The molecule has 3 aromatic carbocycles. The number of hydrogen-bond donors (Lipinski definition) is 1. The Bertz CT molecular complexity index is 1580. The minimum absolute atomic E-state index is 0.00757. The van der Waals surface area contributed by atoms with Crippen molar-refractivity contribution < 1.29 is 27.4 Å². The number of benzene rings is 3.